The van der Waals surface area contributed by atoms with Gasteiger partial charge in [0.15, 0.2) is 0 Å². The molecule has 7 heteroatoms. The van der Waals surface area contributed by atoms with E-state index in [9.17, 15) is 5.11 Å². The van der Waals surface area contributed by atoms with Crippen LogP contribution in [0, 0.1) is 0 Å². The van der Waals surface area contributed by atoms with E-state index < -0.39 is 11.1 Å². The maximum atomic E-state index is 10.2. The van der Waals surface area contributed by atoms with Gasteiger partial charge in [-0.15, -0.1) is 11.3 Å². The van der Waals surface area contributed by atoms with E-state index in [0.717, 1.165) is 70.0 Å². The van der Waals surface area contributed by atoms with Crippen molar-refractivity contribution in [1.29, 1.82) is 0 Å². The highest BCUT2D eigenvalue weighted by atomic mass is 32.1. The lowest BCUT2D eigenvalue weighted by atomic mass is 9.63. The van der Waals surface area contributed by atoms with Gasteiger partial charge in [0.25, 0.3) is 0 Å². The van der Waals surface area contributed by atoms with Gasteiger partial charge in [-0.3, -0.25) is 0 Å². The molecule has 3 N–H and O–H groups in total. The van der Waals surface area contributed by atoms with Crippen molar-refractivity contribution in [3.8, 4) is 32.3 Å². The summed E-state index contributed by atoms with van der Waals surface area (Å²) in [6, 6.07) is 22.9. The number of nitrogens with two attached hydrogens (primary N) is 1. The topological polar surface area (TPSA) is 84.5 Å². The standard InChI is InChI=1S/C29H30N4O2S/c1-28(34)18-29(30,19-28)23-10-7-20(8-11-23)25-26(21-5-3-2-4-6-21)36-27(32-25)22-9-12-24(31-17-22)33-13-15-35-16-14-33/h2-12,17,34H,13-16,18-19,30H2,1H3/t28-,29-. The molecule has 3 heterocycles. The Morgan fingerprint density at radius 2 is 1.61 bits per heavy atom. The van der Waals surface area contributed by atoms with Gasteiger partial charge in [0.1, 0.15) is 10.8 Å². The molecule has 0 unspecified atom stereocenters. The summed E-state index contributed by atoms with van der Waals surface area (Å²) in [5, 5.41) is 11.1. The number of hydrogen-bond donors (Lipinski definition) is 2. The van der Waals surface area contributed by atoms with Crippen LogP contribution in [-0.4, -0.2) is 47.0 Å². The highest BCUT2D eigenvalue weighted by Gasteiger charge is 2.49. The molecule has 1 saturated carbocycles. The molecule has 0 spiro atoms. The molecule has 2 fully saturated rings. The Bertz CT molecular complexity index is 1340. The van der Waals surface area contributed by atoms with E-state index in [1.807, 2.05) is 19.2 Å². The van der Waals surface area contributed by atoms with Crippen molar-refractivity contribution < 1.29 is 9.84 Å². The average molecular weight is 499 g/mol. The Hall–Kier alpha value is -3.10. The van der Waals surface area contributed by atoms with E-state index in [2.05, 4.69) is 65.6 Å². The van der Waals surface area contributed by atoms with E-state index in [-0.39, 0.29) is 0 Å². The van der Waals surface area contributed by atoms with Crippen LogP contribution in [0.5, 0.6) is 0 Å². The smallest absolute Gasteiger partial charge is 0.128 e. The Balaban J connectivity index is 1.34. The quantitative estimate of drug-likeness (QED) is 0.399. The third-order valence-electron chi connectivity index (χ3n) is 7.12. The summed E-state index contributed by atoms with van der Waals surface area (Å²) >= 11 is 1.68. The van der Waals surface area contributed by atoms with E-state index in [0.29, 0.717) is 12.8 Å². The second kappa shape index (κ2) is 9.09. The second-order valence-electron chi connectivity index (χ2n) is 10.2. The van der Waals surface area contributed by atoms with Crippen molar-refractivity contribution in [2.24, 2.45) is 5.73 Å². The summed E-state index contributed by atoms with van der Waals surface area (Å²) in [5.74, 6) is 0.975. The molecule has 1 aliphatic heterocycles. The summed E-state index contributed by atoms with van der Waals surface area (Å²) in [6.45, 7) is 5.05. The van der Waals surface area contributed by atoms with E-state index in [1.54, 1.807) is 11.3 Å². The van der Waals surface area contributed by atoms with E-state index >= 15 is 0 Å². The van der Waals surface area contributed by atoms with Gasteiger partial charge in [-0.1, -0.05) is 54.6 Å². The maximum absolute atomic E-state index is 10.2. The summed E-state index contributed by atoms with van der Waals surface area (Å²) in [4.78, 5) is 13.2. The number of aliphatic hydroxyl groups is 1. The number of hydrogen-bond acceptors (Lipinski definition) is 7. The molecular weight excluding hydrogens is 468 g/mol. The SMILES string of the molecule is C[C@]1(O)C[C@@](N)(c2ccc(-c3nc(-c4ccc(N5CCOCC5)nc4)sc3-c3ccccc3)cc2)C1. The molecule has 0 radical (unpaired) electrons. The van der Waals surface area contributed by atoms with Crippen molar-refractivity contribution in [1.82, 2.24) is 9.97 Å². The molecule has 2 aromatic heterocycles. The summed E-state index contributed by atoms with van der Waals surface area (Å²) < 4.78 is 5.46. The fourth-order valence-corrected chi connectivity index (χ4v) is 6.47. The number of thiazole rings is 1. The molecule has 0 amide bonds. The number of anilines is 1. The molecule has 0 atom stereocenters. The van der Waals surface area contributed by atoms with Crippen molar-refractivity contribution in [2.45, 2.75) is 30.9 Å². The van der Waals surface area contributed by atoms with Gasteiger partial charge in [-0.25, -0.2) is 9.97 Å². The lowest BCUT2D eigenvalue weighted by Gasteiger charge is -2.49. The first kappa shape index (κ1) is 23.3. The number of aromatic nitrogens is 2. The van der Waals surface area contributed by atoms with Gasteiger partial charge in [0, 0.05) is 36.0 Å². The predicted octanol–water partition coefficient (Wildman–Crippen LogP) is 5.07. The molecule has 2 aromatic carbocycles. The minimum absolute atomic E-state index is 0.467. The molecule has 4 aromatic rings. The molecule has 2 aliphatic rings. The summed E-state index contributed by atoms with van der Waals surface area (Å²) in [5.41, 5.74) is 10.6. The predicted molar refractivity (Wildman–Crippen MR) is 145 cm³/mol. The molecule has 6 nitrogen and oxygen atoms in total. The highest BCUT2D eigenvalue weighted by molar-refractivity contribution is 7.19. The van der Waals surface area contributed by atoms with Gasteiger partial charge < -0.3 is 20.5 Å². The largest absolute Gasteiger partial charge is 0.390 e. The second-order valence-corrected chi connectivity index (χ2v) is 11.2. The first-order valence-corrected chi connectivity index (χ1v) is 13.2. The zero-order chi connectivity index (χ0) is 24.8. The Morgan fingerprint density at radius 3 is 2.25 bits per heavy atom. The fourth-order valence-electron chi connectivity index (χ4n) is 5.39. The number of ether oxygens (including phenoxy) is 1. The Kier molecular flexibility index (Phi) is 5.88. The van der Waals surface area contributed by atoms with Crippen LogP contribution in [0.25, 0.3) is 32.3 Å². The van der Waals surface area contributed by atoms with Crippen LogP contribution in [-0.2, 0) is 10.3 Å². The third-order valence-corrected chi connectivity index (χ3v) is 8.27. The normalized spacial score (nSPS) is 23.9. The van der Waals surface area contributed by atoms with Crippen LogP contribution in [0.1, 0.15) is 25.3 Å². The van der Waals surface area contributed by atoms with Crippen LogP contribution in [0.15, 0.2) is 72.9 Å². The Morgan fingerprint density at radius 1 is 0.917 bits per heavy atom. The van der Waals surface area contributed by atoms with Gasteiger partial charge in [-0.2, -0.15) is 0 Å². The van der Waals surface area contributed by atoms with Crippen LogP contribution < -0.4 is 10.6 Å². The molecule has 184 valence electrons. The average Bonchev–Trinajstić information content (AvgIpc) is 3.34. The zero-order valence-corrected chi connectivity index (χ0v) is 21.2. The van der Waals surface area contributed by atoms with E-state index in [1.165, 1.54) is 0 Å². The number of pyridine rings is 1. The fraction of sp³-hybridized carbons (Fsp3) is 0.310. The van der Waals surface area contributed by atoms with Gasteiger partial charge in [0.2, 0.25) is 0 Å². The first-order valence-electron chi connectivity index (χ1n) is 12.4. The Labute approximate surface area is 215 Å². The summed E-state index contributed by atoms with van der Waals surface area (Å²) in [6.07, 6.45) is 3.07. The molecule has 0 bridgehead atoms. The lowest BCUT2D eigenvalue weighted by molar-refractivity contribution is -0.0738. The van der Waals surface area contributed by atoms with Crippen molar-refractivity contribution in [3.05, 3.63) is 78.5 Å². The minimum Gasteiger partial charge on any atom is -0.390 e. The van der Waals surface area contributed by atoms with Crippen LogP contribution >= 0.6 is 11.3 Å². The number of benzene rings is 2. The van der Waals surface area contributed by atoms with Crippen LogP contribution in [0.3, 0.4) is 0 Å². The van der Waals surface area contributed by atoms with Gasteiger partial charge in [-0.05, 0) is 43.0 Å². The van der Waals surface area contributed by atoms with Gasteiger partial charge >= 0.3 is 0 Å². The maximum Gasteiger partial charge on any atom is 0.128 e. The number of nitrogens with zero attached hydrogens (tertiary/aromatic N) is 3. The van der Waals surface area contributed by atoms with E-state index in [4.69, 9.17) is 20.4 Å². The number of morpholine rings is 1. The minimum atomic E-state index is -0.678. The summed E-state index contributed by atoms with van der Waals surface area (Å²) in [7, 11) is 0. The number of rotatable bonds is 5. The van der Waals surface area contributed by atoms with Crippen LogP contribution in [0.2, 0.25) is 0 Å². The zero-order valence-electron chi connectivity index (χ0n) is 20.4. The lowest BCUT2D eigenvalue weighted by Crippen LogP contribution is -2.58. The van der Waals surface area contributed by atoms with Gasteiger partial charge in [0.05, 0.1) is 29.4 Å². The first-order chi connectivity index (χ1) is 17.4. The van der Waals surface area contributed by atoms with Crippen LogP contribution in [0.4, 0.5) is 5.82 Å². The van der Waals surface area contributed by atoms with Crippen molar-refractivity contribution in [3.63, 3.8) is 0 Å². The monoisotopic (exact) mass is 498 g/mol. The van der Waals surface area contributed by atoms with Crippen molar-refractivity contribution >= 4 is 17.2 Å². The molecule has 1 saturated heterocycles. The van der Waals surface area contributed by atoms with Crippen molar-refractivity contribution in [2.75, 3.05) is 31.2 Å². The molecule has 6 rings (SSSR count). The molecule has 1 aliphatic carbocycles. The highest BCUT2D eigenvalue weighted by Crippen LogP contribution is 2.47. The third kappa shape index (κ3) is 4.44. The molecule has 36 heavy (non-hydrogen) atoms. The molecular formula is C29H30N4O2S.